The first kappa shape index (κ1) is 12.9. The molecule has 90 valence electrons. The summed E-state index contributed by atoms with van der Waals surface area (Å²) in [6.07, 6.45) is 0. The maximum absolute atomic E-state index is 13.5. The Morgan fingerprint density at radius 3 is 2.71 bits per heavy atom. The smallest absolute Gasteiger partial charge is 0.128 e. The lowest BCUT2D eigenvalue weighted by Gasteiger charge is -2.07. The van der Waals surface area contributed by atoms with Crippen LogP contribution >= 0.6 is 36.0 Å². The molecule has 0 atom stereocenters. The Balaban J connectivity index is 2.15. The zero-order valence-electron chi connectivity index (χ0n) is 9.15. The molecule has 1 nitrogen and oxygen atoms in total. The SMILES string of the molecule is Cn1c(S)ccc1SCc1c(F)cccc1Cl. The van der Waals surface area contributed by atoms with Crippen LogP contribution in [0, 0.1) is 5.82 Å². The molecular weight excluding hydrogens is 277 g/mol. The normalized spacial score (nSPS) is 10.8. The first-order chi connectivity index (χ1) is 8.09. The van der Waals surface area contributed by atoms with Crippen LogP contribution in [0.4, 0.5) is 4.39 Å². The summed E-state index contributed by atoms with van der Waals surface area (Å²) in [6.45, 7) is 0. The highest BCUT2D eigenvalue weighted by Crippen LogP contribution is 2.29. The molecule has 0 fully saturated rings. The lowest BCUT2D eigenvalue weighted by molar-refractivity contribution is 0.617. The molecule has 1 heterocycles. The second-order valence-corrected chi connectivity index (χ2v) is 5.44. The van der Waals surface area contributed by atoms with Crippen molar-refractivity contribution in [1.82, 2.24) is 4.57 Å². The third-order valence-electron chi connectivity index (χ3n) is 2.48. The average molecular weight is 288 g/mol. The third kappa shape index (κ3) is 2.81. The molecule has 0 saturated heterocycles. The minimum Gasteiger partial charge on any atom is -0.334 e. The van der Waals surface area contributed by atoms with Crippen molar-refractivity contribution in [3.63, 3.8) is 0 Å². The molecule has 0 saturated carbocycles. The number of aromatic nitrogens is 1. The van der Waals surface area contributed by atoms with Gasteiger partial charge in [0.2, 0.25) is 0 Å². The van der Waals surface area contributed by atoms with Gasteiger partial charge in [-0.05, 0) is 24.3 Å². The standard InChI is InChI=1S/C12H11ClFNS2/c1-15-11(16)5-6-12(15)17-7-8-9(13)3-2-4-10(8)14/h2-6,16H,7H2,1H3. The van der Waals surface area contributed by atoms with Crippen LogP contribution in [0.2, 0.25) is 5.02 Å². The highest BCUT2D eigenvalue weighted by molar-refractivity contribution is 7.98. The molecule has 0 unspecified atom stereocenters. The molecular formula is C12H11ClFNS2. The van der Waals surface area contributed by atoms with Crippen molar-refractivity contribution in [2.24, 2.45) is 7.05 Å². The number of thioether (sulfide) groups is 1. The lowest BCUT2D eigenvalue weighted by Crippen LogP contribution is -1.93. The predicted molar refractivity (Wildman–Crippen MR) is 73.6 cm³/mol. The van der Waals surface area contributed by atoms with Crippen molar-refractivity contribution in [2.45, 2.75) is 15.8 Å². The fraction of sp³-hybridized carbons (Fsp3) is 0.167. The second kappa shape index (κ2) is 5.38. The van der Waals surface area contributed by atoms with Gasteiger partial charge < -0.3 is 4.57 Å². The number of thiol groups is 1. The van der Waals surface area contributed by atoms with E-state index in [4.69, 9.17) is 11.6 Å². The summed E-state index contributed by atoms with van der Waals surface area (Å²) in [4.78, 5) is 0. The molecule has 0 aliphatic carbocycles. The van der Waals surface area contributed by atoms with E-state index in [0.717, 1.165) is 10.1 Å². The van der Waals surface area contributed by atoms with Crippen molar-refractivity contribution in [2.75, 3.05) is 0 Å². The van der Waals surface area contributed by atoms with Crippen LogP contribution in [0.3, 0.4) is 0 Å². The van der Waals surface area contributed by atoms with E-state index in [1.807, 2.05) is 23.7 Å². The fourth-order valence-corrected chi connectivity index (χ4v) is 3.04. The van der Waals surface area contributed by atoms with Crippen molar-refractivity contribution < 1.29 is 4.39 Å². The number of hydrogen-bond donors (Lipinski definition) is 1. The number of nitrogens with zero attached hydrogens (tertiary/aromatic N) is 1. The van der Waals surface area contributed by atoms with Gasteiger partial charge in [0, 0.05) is 23.4 Å². The molecule has 0 N–H and O–H groups in total. The van der Waals surface area contributed by atoms with E-state index in [0.29, 0.717) is 16.3 Å². The molecule has 1 aromatic carbocycles. The average Bonchev–Trinajstić information content (AvgIpc) is 2.60. The second-order valence-electron chi connectivity index (χ2n) is 3.58. The molecule has 0 amide bonds. The van der Waals surface area contributed by atoms with Gasteiger partial charge in [0.15, 0.2) is 0 Å². The van der Waals surface area contributed by atoms with Crippen molar-refractivity contribution in [3.8, 4) is 0 Å². The van der Waals surface area contributed by atoms with E-state index in [-0.39, 0.29) is 5.82 Å². The third-order valence-corrected chi connectivity index (χ3v) is 4.42. The number of hydrogen-bond acceptors (Lipinski definition) is 2. The van der Waals surface area contributed by atoms with Crippen LogP contribution in [0.15, 0.2) is 40.4 Å². The lowest BCUT2D eigenvalue weighted by atomic mass is 10.2. The molecule has 0 aliphatic rings. The Hall–Kier alpha value is -0.580. The molecule has 2 aromatic rings. The summed E-state index contributed by atoms with van der Waals surface area (Å²) in [5, 5.41) is 2.39. The van der Waals surface area contributed by atoms with E-state index < -0.39 is 0 Å². The molecule has 0 radical (unpaired) electrons. The largest absolute Gasteiger partial charge is 0.334 e. The highest BCUT2D eigenvalue weighted by Gasteiger charge is 2.09. The quantitative estimate of drug-likeness (QED) is 0.648. The summed E-state index contributed by atoms with van der Waals surface area (Å²) < 4.78 is 15.5. The van der Waals surface area contributed by atoms with Gasteiger partial charge in [-0.1, -0.05) is 17.7 Å². The van der Waals surface area contributed by atoms with Gasteiger partial charge in [0.05, 0.1) is 10.1 Å². The Kier molecular flexibility index (Phi) is 4.07. The summed E-state index contributed by atoms with van der Waals surface area (Å²) in [5.41, 5.74) is 0.543. The summed E-state index contributed by atoms with van der Waals surface area (Å²) >= 11 is 11.8. The first-order valence-electron chi connectivity index (χ1n) is 5.00. The van der Waals surface area contributed by atoms with Crippen LogP contribution in [-0.2, 0) is 12.8 Å². The van der Waals surface area contributed by atoms with Gasteiger partial charge in [-0.15, -0.1) is 24.4 Å². The topological polar surface area (TPSA) is 4.93 Å². The van der Waals surface area contributed by atoms with Gasteiger partial charge in [-0.3, -0.25) is 0 Å². The number of benzene rings is 1. The van der Waals surface area contributed by atoms with E-state index in [9.17, 15) is 4.39 Å². The van der Waals surface area contributed by atoms with Crippen LogP contribution in [0.5, 0.6) is 0 Å². The number of rotatable bonds is 3. The zero-order valence-corrected chi connectivity index (χ0v) is 11.6. The Morgan fingerprint density at radius 1 is 1.35 bits per heavy atom. The molecule has 0 aliphatic heterocycles. The number of halogens is 2. The maximum Gasteiger partial charge on any atom is 0.128 e. The Labute approximate surface area is 114 Å². The van der Waals surface area contributed by atoms with Crippen LogP contribution in [0.1, 0.15) is 5.56 Å². The fourth-order valence-electron chi connectivity index (χ4n) is 1.44. The van der Waals surface area contributed by atoms with Gasteiger partial charge in [0.25, 0.3) is 0 Å². The van der Waals surface area contributed by atoms with E-state index >= 15 is 0 Å². The van der Waals surface area contributed by atoms with Crippen molar-refractivity contribution >= 4 is 36.0 Å². The summed E-state index contributed by atoms with van der Waals surface area (Å²) in [6, 6.07) is 8.61. The van der Waals surface area contributed by atoms with Crippen LogP contribution in [-0.4, -0.2) is 4.57 Å². The molecule has 0 spiro atoms. The van der Waals surface area contributed by atoms with Crippen molar-refractivity contribution in [1.29, 1.82) is 0 Å². The highest BCUT2D eigenvalue weighted by atomic mass is 35.5. The van der Waals surface area contributed by atoms with Crippen LogP contribution < -0.4 is 0 Å². The minimum atomic E-state index is -0.259. The van der Waals surface area contributed by atoms with E-state index in [1.54, 1.807) is 12.1 Å². The Bertz CT molecular complexity index is 519. The summed E-state index contributed by atoms with van der Waals surface area (Å²) in [5.74, 6) is 0.252. The zero-order chi connectivity index (χ0) is 12.4. The molecule has 17 heavy (non-hydrogen) atoms. The maximum atomic E-state index is 13.5. The van der Waals surface area contributed by atoms with E-state index in [2.05, 4.69) is 12.6 Å². The van der Waals surface area contributed by atoms with Gasteiger partial charge in [0.1, 0.15) is 5.82 Å². The monoisotopic (exact) mass is 287 g/mol. The molecule has 1 aromatic heterocycles. The molecule has 2 rings (SSSR count). The van der Waals surface area contributed by atoms with Gasteiger partial charge in [-0.2, -0.15) is 0 Å². The molecule has 0 bridgehead atoms. The van der Waals surface area contributed by atoms with E-state index in [1.165, 1.54) is 17.8 Å². The van der Waals surface area contributed by atoms with Crippen LogP contribution in [0.25, 0.3) is 0 Å². The minimum absolute atomic E-state index is 0.259. The van der Waals surface area contributed by atoms with Gasteiger partial charge in [-0.25, -0.2) is 4.39 Å². The van der Waals surface area contributed by atoms with Crippen molar-refractivity contribution in [3.05, 3.63) is 46.7 Å². The summed E-state index contributed by atoms with van der Waals surface area (Å²) in [7, 11) is 1.92. The first-order valence-corrected chi connectivity index (χ1v) is 6.81. The predicted octanol–water partition coefficient (Wildman–Crippen LogP) is 4.40. The van der Waals surface area contributed by atoms with Gasteiger partial charge >= 0.3 is 0 Å². The molecule has 5 heteroatoms. The Morgan fingerprint density at radius 2 is 2.12 bits per heavy atom.